The first-order chi connectivity index (χ1) is 8.08. The Balaban J connectivity index is 2.09. The van der Waals surface area contributed by atoms with Crippen LogP contribution in [0.3, 0.4) is 0 Å². The van der Waals surface area contributed by atoms with Crippen LogP contribution in [0.25, 0.3) is 0 Å². The van der Waals surface area contributed by atoms with Crippen molar-refractivity contribution in [3.05, 3.63) is 21.3 Å². The number of hydrogen-bond donors (Lipinski definition) is 1. The van der Waals surface area contributed by atoms with E-state index in [-0.39, 0.29) is 11.2 Å². The van der Waals surface area contributed by atoms with Crippen molar-refractivity contribution in [3.63, 3.8) is 0 Å². The fourth-order valence-corrected chi connectivity index (χ4v) is 2.38. The van der Waals surface area contributed by atoms with Crippen molar-refractivity contribution in [1.82, 2.24) is 4.98 Å². The average molecular weight is 296 g/mol. The Kier molecular flexibility index (Phi) is 4.36. The van der Waals surface area contributed by atoms with Gasteiger partial charge in [0.1, 0.15) is 11.0 Å². The van der Waals surface area contributed by atoms with E-state index in [0.717, 1.165) is 19.6 Å². The molecule has 2 heterocycles. The Morgan fingerprint density at radius 3 is 2.82 bits per heavy atom. The van der Waals surface area contributed by atoms with Gasteiger partial charge in [0.15, 0.2) is 0 Å². The molecule has 0 aromatic carbocycles. The first-order valence-corrected chi connectivity index (χ1v) is 6.57. The summed E-state index contributed by atoms with van der Waals surface area (Å²) < 4.78 is 5.35. The van der Waals surface area contributed by atoms with Crippen LogP contribution in [0.15, 0.2) is 6.07 Å². The number of pyridine rings is 1. The number of halogens is 3. The Labute approximate surface area is 115 Å². The lowest BCUT2D eigenvalue weighted by molar-refractivity contribution is 0.183. The van der Waals surface area contributed by atoms with Gasteiger partial charge >= 0.3 is 0 Å². The molecule has 6 heteroatoms. The number of aromatic nitrogens is 1. The molecule has 1 saturated heterocycles. The fraction of sp³-hybridized carbons (Fsp3) is 0.545. The van der Waals surface area contributed by atoms with Crippen LogP contribution in [-0.2, 0) is 4.74 Å². The van der Waals surface area contributed by atoms with Crippen LogP contribution in [0.5, 0.6) is 0 Å². The minimum Gasteiger partial charge on any atom is -0.381 e. The van der Waals surface area contributed by atoms with Gasteiger partial charge in [-0.25, -0.2) is 4.98 Å². The maximum atomic E-state index is 6.05. The van der Waals surface area contributed by atoms with Gasteiger partial charge < -0.3 is 10.1 Å². The average Bonchev–Trinajstić information content (AvgIpc) is 2.79. The molecule has 94 valence electrons. The first-order valence-electron chi connectivity index (χ1n) is 5.43. The summed E-state index contributed by atoms with van der Waals surface area (Å²) in [7, 11) is 0. The Morgan fingerprint density at radius 1 is 1.41 bits per heavy atom. The summed E-state index contributed by atoms with van der Waals surface area (Å²) in [6, 6.07) is 1.83. The second kappa shape index (κ2) is 5.61. The number of anilines is 1. The summed E-state index contributed by atoms with van der Waals surface area (Å²) in [5.74, 6) is 1.04. The van der Waals surface area contributed by atoms with Gasteiger partial charge in [-0.2, -0.15) is 0 Å². The second-order valence-electron chi connectivity index (χ2n) is 4.15. The summed E-state index contributed by atoms with van der Waals surface area (Å²) in [6.07, 6.45) is 1.05. The molecule has 0 amide bonds. The maximum absolute atomic E-state index is 6.05. The molecule has 17 heavy (non-hydrogen) atoms. The number of ether oxygens (including phenoxy) is 1. The molecular weight excluding hydrogens is 282 g/mol. The third-order valence-corrected chi connectivity index (χ3v) is 3.88. The van der Waals surface area contributed by atoms with E-state index in [0.29, 0.717) is 21.8 Å². The summed E-state index contributed by atoms with van der Waals surface area (Å²) in [6.45, 7) is 3.67. The zero-order valence-corrected chi connectivity index (χ0v) is 11.6. The quantitative estimate of drug-likeness (QED) is 0.859. The number of hydrogen-bond acceptors (Lipinski definition) is 3. The van der Waals surface area contributed by atoms with E-state index in [2.05, 4.69) is 17.2 Å². The fourth-order valence-electron chi connectivity index (χ4n) is 1.83. The molecule has 0 bridgehead atoms. The van der Waals surface area contributed by atoms with Crippen molar-refractivity contribution in [2.45, 2.75) is 19.4 Å². The molecule has 2 rings (SSSR count). The molecule has 1 fully saturated rings. The normalized spacial score (nSPS) is 21.5. The highest BCUT2D eigenvalue weighted by molar-refractivity contribution is 6.42. The molecule has 1 aromatic rings. The van der Waals surface area contributed by atoms with E-state index < -0.39 is 0 Å². The Morgan fingerprint density at radius 2 is 2.18 bits per heavy atom. The zero-order chi connectivity index (χ0) is 12.4. The largest absolute Gasteiger partial charge is 0.381 e. The van der Waals surface area contributed by atoms with Gasteiger partial charge in [0, 0.05) is 18.6 Å². The van der Waals surface area contributed by atoms with Crippen molar-refractivity contribution in [3.8, 4) is 0 Å². The molecule has 2 unspecified atom stereocenters. The van der Waals surface area contributed by atoms with Crippen molar-refractivity contribution in [2.75, 3.05) is 18.5 Å². The highest BCUT2D eigenvalue weighted by Crippen LogP contribution is 2.30. The lowest BCUT2D eigenvalue weighted by atomic mass is 10.0. The smallest absolute Gasteiger partial charge is 0.150 e. The van der Waals surface area contributed by atoms with Crippen LogP contribution >= 0.6 is 34.8 Å². The summed E-state index contributed by atoms with van der Waals surface area (Å²) in [5, 5.41) is 4.35. The molecule has 1 aliphatic rings. The van der Waals surface area contributed by atoms with E-state index in [4.69, 9.17) is 39.5 Å². The van der Waals surface area contributed by atoms with Crippen LogP contribution in [0.2, 0.25) is 15.2 Å². The molecule has 0 aliphatic carbocycles. The predicted octanol–water partition coefficient (Wildman–Crippen LogP) is 3.88. The van der Waals surface area contributed by atoms with Gasteiger partial charge in [-0.15, -0.1) is 0 Å². The molecule has 1 aromatic heterocycles. The van der Waals surface area contributed by atoms with Crippen LogP contribution in [0.4, 0.5) is 5.82 Å². The first kappa shape index (κ1) is 13.2. The van der Waals surface area contributed by atoms with Crippen LogP contribution in [-0.4, -0.2) is 24.2 Å². The molecule has 0 spiro atoms. The monoisotopic (exact) mass is 294 g/mol. The van der Waals surface area contributed by atoms with Crippen molar-refractivity contribution in [1.29, 1.82) is 0 Å². The van der Waals surface area contributed by atoms with E-state index in [9.17, 15) is 0 Å². The lowest BCUT2D eigenvalue weighted by Gasteiger charge is -2.20. The highest BCUT2D eigenvalue weighted by atomic mass is 35.5. The molecule has 1 aliphatic heterocycles. The van der Waals surface area contributed by atoms with E-state index in [1.807, 2.05) is 0 Å². The number of nitrogens with zero attached hydrogens (tertiary/aromatic N) is 1. The Hall–Kier alpha value is -0.220. The number of rotatable bonds is 3. The van der Waals surface area contributed by atoms with Crippen LogP contribution in [0.1, 0.15) is 13.3 Å². The highest BCUT2D eigenvalue weighted by Gasteiger charge is 2.23. The van der Waals surface area contributed by atoms with Gasteiger partial charge in [-0.1, -0.05) is 34.8 Å². The molecule has 0 radical (unpaired) electrons. The van der Waals surface area contributed by atoms with Gasteiger partial charge in [0.05, 0.1) is 16.7 Å². The van der Waals surface area contributed by atoms with Crippen molar-refractivity contribution in [2.24, 2.45) is 5.92 Å². The molecule has 2 atom stereocenters. The third kappa shape index (κ3) is 3.16. The molecular formula is C11H13Cl3N2O. The second-order valence-corrected chi connectivity index (χ2v) is 5.32. The lowest BCUT2D eigenvalue weighted by Crippen LogP contribution is -2.26. The predicted molar refractivity (Wildman–Crippen MR) is 71.3 cm³/mol. The van der Waals surface area contributed by atoms with Gasteiger partial charge in [0.25, 0.3) is 0 Å². The maximum Gasteiger partial charge on any atom is 0.150 e. The van der Waals surface area contributed by atoms with Gasteiger partial charge in [-0.05, 0) is 19.4 Å². The van der Waals surface area contributed by atoms with E-state index in [1.54, 1.807) is 6.07 Å². The molecule has 0 saturated carbocycles. The number of nitrogens with one attached hydrogen (secondary N) is 1. The van der Waals surface area contributed by atoms with Gasteiger partial charge in [-0.3, -0.25) is 0 Å². The van der Waals surface area contributed by atoms with Gasteiger partial charge in [0.2, 0.25) is 0 Å². The third-order valence-electron chi connectivity index (χ3n) is 2.92. The minimum atomic E-state index is 0.236. The topological polar surface area (TPSA) is 34.2 Å². The SMILES string of the molecule is CC(Nc1nc(Cl)c(Cl)cc1Cl)C1CCOC1. The summed E-state index contributed by atoms with van der Waals surface area (Å²) >= 11 is 17.7. The summed E-state index contributed by atoms with van der Waals surface area (Å²) in [5.41, 5.74) is 0. The van der Waals surface area contributed by atoms with E-state index in [1.165, 1.54) is 0 Å². The molecule has 1 N–H and O–H groups in total. The zero-order valence-electron chi connectivity index (χ0n) is 9.34. The minimum absolute atomic E-state index is 0.236. The van der Waals surface area contributed by atoms with Crippen molar-refractivity contribution < 1.29 is 4.74 Å². The molecule has 3 nitrogen and oxygen atoms in total. The standard InChI is InChI=1S/C11H13Cl3N2O/c1-6(7-2-3-17-5-7)15-11-9(13)4-8(12)10(14)16-11/h4,6-7H,2-3,5H2,1H3,(H,15,16). The summed E-state index contributed by atoms with van der Waals surface area (Å²) in [4.78, 5) is 4.13. The van der Waals surface area contributed by atoms with Crippen molar-refractivity contribution >= 4 is 40.6 Å². The van der Waals surface area contributed by atoms with E-state index >= 15 is 0 Å². The van der Waals surface area contributed by atoms with Crippen LogP contribution < -0.4 is 5.32 Å². The van der Waals surface area contributed by atoms with Crippen LogP contribution in [0, 0.1) is 5.92 Å². The Bertz CT molecular complexity index is 408.